The molecule has 0 unspecified atom stereocenters. The Morgan fingerprint density at radius 2 is 0.593 bits per heavy atom. The van der Waals surface area contributed by atoms with Crippen molar-refractivity contribution in [1.29, 1.82) is 0 Å². The molecule has 21 heteroatoms. The van der Waals surface area contributed by atoms with Crippen LogP contribution >= 0.6 is 37.9 Å². The van der Waals surface area contributed by atoms with Crippen molar-refractivity contribution < 1.29 is 0 Å². The molecule has 0 heterocycles. The lowest BCUT2D eigenvalue weighted by Gasteiger charge is -2.45. The quantitative estimate of drug-likeness (QED) is 0.121. The molecule has 318 valence electrons. The molecule has 0 aliphatic rings. The maximum atomic E-state index is 6.32. The molecule has 0 radical (unpaired) electrons. The average Bonchev–Trinajstić information content (AvgIpc) is 3.03. The first-order valence-corrected chi connectivity index (χ1v) is 26.3. The van der Waals surface area contributed by atoms with Gasteiger partial charge in [0.2, 0.25) is 30.0 Å². The predicted molar refractivity (Wildman–Crippen MR) is 247 cm³/mol. The predicted octanol–water partition coefficient (Wildman–Crippen LogP) is 7.71. The van der Waals surface area contributed by atoms with Crippen molar-refractivity contribution in [3.05, 3.63) is 35.4 Å². The summed E-state index contributed by atoms with van der Waals surface area (Å²) < 4.78 is 52.4. The monoisotopic (exact) mass is 858 g/mol. The van der Waals surface area contributed by atoms with Crippen molar-refractivity contribution in [2.45, 2.75) is 26.3 Å². The first kappa shape index (κ1) is 52.1. The Balaban J connectivity index is 5.31. The number of aryl methyl sites for hydroxylation is 1. The van der Waals surface area contributed by atoms with E-state index in [1.165, 1.54) is 11.1 Å². The van der Waals surface area contributed by atoms with Crippen LogP contribution in [0.1, 0.15) is 24.5 Å². The number of rotatable bonds is 20. The van der Waals surface area contributed by atoms with Crippen LogP contribution in [0.3, 0.4) is 0 Å². The van der Waals surface area contributed by atoms with Gasteiger partial charge in [-0.25, -0.2) is 56.0 Å². The third-order valence-electron chi connectivity index (χ3n) is 9.29. The zero-order chi connectivity index (χ0) is 42.4. The van der Waals surface area contributed by atoms with Crippen molar-refractivity contribution in [1.82, 2.24) is 56.0 Å². The molecule has 0 saturated heterocycles. The molecule has 16 nitrogen and oxygen atoms in total. The first-order valence-electron chi connectivity index (χ1n) is 18.3. The molecule has 0 aliphatic heterocycles. The Kier molecular flexibility index (Phi) is 20.1. The SMILES string of the molecule is CCCc1ccc(CN(C)P(=N[P+](N=P(N(C)C)(N(C)C)N(C)C)(N=P(N(C)C)(N(C)C)N(C)C)N=P(N(C)C)(N(C)C)N(C)C)(N(C)C)N(C)C)cc1. The second-order valence-corrected chi connectivity index (χ2v) is 33.5. The van der Waals surface area contributed by atoms with Gasteiger partial charge in [0, 0.05) is 6.54 Å². The lowest BCUT2D eigenvalue weighted by molar-refractivity contribution is 0.427. The van der Waals surface area contributed by atoms with Crippen LogP contribution in [0.5, 0.6) is 0 Å². The minimum atomic E-state index is -3.55. The normalized spacial score (nSPS) is 14.3. The molecule has 1 aromatic rings. The molecule has 0 N–H and O–H groups in total. The number of hydrogen-bond donors (Lipinski definition) is 0. The summed E-state index contributed by atoms with van der Waals surface area (Å²) >= 11 is 0. The van der Waals surface area contributed by atoms with E-state index in [9.17, 15) is 0 Å². The van der Waals surface area contributed by atoms with E-state index in [0.29, 0.717) is 6.54 Å². The Hall–Kier alpha value is 0.0900. The third kappa shape index (κ3) is 10.6. The molecule has 0 aliphatic carbocycles. The lowest BCUT2D eigenvalue weighted by atomic mass is 10.1. The molecule has 1 rings (SSSR count). The minimum Gasteiger partial charge on any atom is -0.249 e. The van der Waals surface area contributed by atoms with Crippen molar-refractivity contribution in [3.63, 3.8) is 0 Å². The standard InChI is InChI=1S/C33H82N16P5/c1-25-26-32-27-29-33(30-28-32)31-49(24)54(47(20)21,48(22)23)37-50(34-51(38(2)3,39(4)5)40(6)7,35-52(41(8)9,42(10)11)43(12)13)36-53(44(14)15,45(16)17)46(18)19/h27-30H,25-26,31H2,1-24H3/q+1. The van der Waals surface area contributed by atoms with E-state index in [4.69, 9.17) is 18.1 Å². The summed E-state index contributed by atoms with van der Waals surface area (Å²) in [6, 6.07) is 9.08. The summed E-state index contributed by atoms with van der Waals surface area (Å²) in [6.07, 6.45) is 2.20. The van der Waals surface area contributed by atoms with E-state index in [0.717, 1.165) is 12.8 Å². The van der Waals surface area contributed by atoms with Gasteiger partial charge in [0.05, 0.1) is 0 Å². The van der Waals surface area contributed by atoms with Crippen LogP contribution in [0.25, 0.3) is 0 Å². The van der Waals surface area contributed by atoms with Gasteiger partial charge in [0.25, 0.3) is 0 Å². The van der Waals surface area contributed by atoms with E-state index < -0.39 is 37.9 Å². The van der Waals surface area contributed by atoms with Crippen LogP contribution < -0.4 is 0 Å². The summed E-state index contributed by atoms with van der Waals surface area (Å²) in [4.78, 5) is 0. The molecule has 0 saturated carbocycles. The van der Waals surface area contributed by atoms with Crippen LogP contribution in [0.2, 0.25) is 0 Å². The Bertz CT molecular complexity index is 1340. The zero-order valence-corrected chi connectivity index (χ0v) is 43.3. The van der Waals surface area contributed by atoms with Crippen molar-refractivity contribution in [2.24, 2.45) is 18.1 Å². The first-order chi connectivity index (χ1) is 24.6. The van der Waals surface area contributed by atoms with Gasteiger partial charge in [-0.2, -0.15) is 0 Å². The van der Waals surface area contributed by atoms with E-state index in [1.54, 1.807) is 0 Å². The highest BCUT2D eigenvalue weighted by Crippen LogP contribution is 2.86. The van der Waals surface area contributed by atoms with E-state index in [-0.39, 0.29) is 0 Å². The largest absolute Gasteiger partial charge is 0.502 e. The van der Waals surface area contributed by atoms with Crippen LogP contribution in [-0.4, -0.2) is 218 Å². The fourth-order valence-corrected chi connectivity index (χ4v) is 31.6. The van der Waals surface area contributed by atoms with Gasteiger partial charge < -0.3 is 0 Å². The maximum absolute atomic E-state index is 6.32. The lowest BCUT2D eigenvalue weighted by Crippen LogP contribution is -2.34. The van der Waals surface area contributed by atoms with Crippen molar-refractivity contribution >= 4 is 37.9 Å². The van der Waals surface area contributed by atoms with Gasteiger partial charge in [-0.1, -0.05) is 37.6 Å². The van der Waals surface area contributed by atoms with Crippen molar-refractivity contribution in [2.75, 3.05) is 162 Å². The Morgan fingerprint density at radius 1 is 0.370 bits per heavy atom. The summed E-state index contributed by atoms with van der Waals surface area (Å²) in [5, 5.41) is 0. The Morgan fingerprint density at radius 3 is 0.815 bits per heavy atom. The van der Waals surface area contributed by atoms with Crippen LogP contribution in [0.4, 0.5) is 0 Å². The molecule has 0 bridgehead atoms. The summed E-state index contributed by atoms with van der Waals surface area (Å²) in [7, 11) is 34.7. The Labute approximate surface area is 334 Å². The van der Waals surface area contributed by atoms with E-state index in [1.807, 2.05) is 0 Å². The van der Waals surface area contributed by atoms with Crippen LogP contribution in [0.15, 0.2) is 42.3 Å². The zero-order valence-electron chi connectivity index (χ0n) is 38.8. The topological polar surface area (TPSA) is 88.3 Å². The fraction of sp³-hybridized carbons (Fsp3) is 0.818. The number of hydrogen-bond acceptors (Lipinski definition) is 4. The molecule has 0 amide bonds. The van der Waals surface area contributed by atoms with Gasteiger partial charge in [-0.05, 0) is 198 Å². The maximum Gasteiger partial charge on any atom is 0.502 e. The average molecular weight is 858 g/mol. The fourth-order valence-electron chi connectivity index (χ4n) is 7.35. The van der Waals surface area contributed by atoms with E-state index in [2.05, 4.69) is 249 Å². The second-order valence-electron chi connectivity index (χ2n) is 15.7. The molecule has 0 fully saturated rings. The van der Waals surface area contributed by atoms with Gasteiger partial charge in [-0.15, -0.1) is 0 Å². The van der Waals surface area contributed by atoms with Gasteiger partial charge >= 0.3 is 7.87 Å². The molecule has 0 spiro atoms. The molecule has 0 aromatic heterocycles. The smallest absolute Gasteiger partial charge is 0.249 e. The highest BCUT2D eigenvalue weighted by atomic mass is 31.3. The van der Waals surface area contributed by atoms with Gasteiger partial charge in [0.1, 0.15) is 0 Å². The number of benzene rings is 1. The van der Waals surface area contributed by atoms with Crippen LogP contribution in [0, 0.1) is 0 Å². The number of nitrogens with zero attached hydrogens (tertiary/aromatic N) is 16. The van der Waals surface area contributed by atoms with Gasteiger partial charge in [-0.3, -0.25) is 0 Å². The highest BCUT2D eigenvalue weighted by molar-refractivity contribution is 7.88. The summed E-state index contributed by atoms with van der Waals surface area (Å²) in [5.74, 6) is 0. The molecule has 0 atom stereocenters. The summed E-state index contributed by atoms with van der Waals surface area (Å²) in [6.45, 7) is 2.92. The molecule has 1 aromatic carbocycles. The van der Waals surface area contributed by atoms with Crippen LogP contribution in [-0.2, 0) is 13.0 Å². The second kappa shape index (κ2) is 20.9. The highest BCUT2D eigenvalue weighted by Gasteiger charge is 2.57. The van der Waals surface area contributed by atoms with E-state index >= 15 is 0 Å². The summed E-state index contributed by atoms with van der Waals surface area (Å²) in [5.41, 5.74) is 2.60. The molecular formula is C33H82N16P5+. The third-order valence-corrected chi connectivity index (χ3v) is 29.8. The van der Waals surface area contributed by atoms with Crippen molar-refractivity contribution in [3.8, 4) is 0 Å². The molecule has 54 heavy (non-hydrogen) atoms. The molecular weight excluding hydrogens is 775 g/mol. The van der Waals surface area contributed by atoms with Gasteiger partial charge in [0.15, 0.2) is 0 Å². The minimum absolute atomic E-state index is 0.694.